The van der Waals surface area contributed by atoms with E-state index in [0.717, 1.165) is 37.7 Å². The highest BCUT2D eigenvalue weighted by molar-refractivity contribution is 5.92. The standard InChI is InChI=1S/C20H26O3/c1-3-19(22)10-8-16-15-5-4-13-12-14(21)6-11-20(13,23)17(15)7-9-18(16,19)2/h1,12,15-17,22-23H,4-11H2,2H3. The molecule has 0 heterocycles. The fraction of sp³-hybridized carbons (Fsp3) is 0.750. The van der Waals surface area contributed by atoms with Crippen molar-refractivity contribution in [3.63, 3.8) is 0 Å². The van der Waals surface area contributed by atoms with Gasteiger partial charge in [0.2, 0.25) is 0 Å². The van der Waals surface area contributed by atoms with Gasteiger partial charge in [-0.3, -0.25) is 4.79 Å². The quantitative estimate of drug-likeness (QED) is 0.676. The van der Waals surface area contributed by atoms with Crippen LogP contribution in [0.15, 0.2) is 11.6 Å². The van der Waals surface area contributed by atoms with E-state index in [1.54, 1.807) is 6.08 Å². The normalized spacial score (nSPS) is 52.0. The van der Waals surface area contributed by atoms with Gasteiger partial charge in [-0.05, 0) is 74.3 Å². The van der Waals surface area contributed by atoms with Crippen molar-refractivity contribution in [2.75, 3.05) is 0 Å². The largest absolute Gasteiger partial charge is 0.385 e. The molecule has 0 saturated heterocycles. The van der Waals surface area contributed by atoms with Crippen molar-refractivity contribution in [3.8, 4) is 12.3 Å². The van der Waals surface area contributed by atoms with E-state index in [0.29, 0.717) is 31.1 Å². The van der Waals surface area contributed by atoms with Crippen LogP contribution in [-0.2, 0) is 4.79 Å². The lowest BCUT2D eigenvalue weighted by Gasteiger charge is -2.57. The maximum absolute atomic E-state index is 11.7. The molecule has 2 N–H and O–H groups in total. The van der Waals surface area contributed by atoms with Crippen molar-refractivity contribution in [2.45, 2.75) is 69.5 Å². The van der Waals surface area contributed by atoms with E-state index in [4.69, 9.17) is 6.42 Å². The second kappa shape index (κ2) is 4.71. The Labute approximate surface area is 138 Å². The highest BCUT2D eigenvalue weighted by atomic mass is 16.3. The second-order valence-corrected chi connectivity index (χ2v) is 8.48. The number of fused-ring (bicyclic) bond motifs is 5. The molecule has 4 rings (SSSR count). The fourth-order valence-electron chi connectivity index (χ4n) is 6.44. The molecule has 0 spiro atoms. The Morgan fingerprint density at radius 2 is 1.87 bits per heavy atom. The van der Waals surface area contributed by atoms with Gasteiger partial charge in [-0.15, -0.1) is 6.42 Å². The lowest BCUT2D eigenvalue weighted by molar-refractivity contribution is -0.136. The first-order chi connectivity index (χ1) is 10.8. The average Bonchev–Trinajstić information content (AvgIpc) is 2.80. The van der Waals surface area contributed by atoms with E-state index in [-0.39, 0.29) is 17.1 Å². The van der Waals surface area contributed by atoms with Crippen molar-refractivity contribution in [2.24, 2.45) is 23.2 Å². The van der Waals surface area contributed by atoms with Crippen LogP contribution in [0.3, 0.4) is 0 Å². The molecule has 3 nitrogen and oxygen atoms in total. The fourth-order valence-corrected chi connectivity index (χ4v) is 6.44. The maximum atomic E-state index is 11.7. The summed E-state index contributed by atoms with van der Waals surface area (Å²) in [7, 11) is 0. The predicted octanol–water partition coefficient (Wildman–Crippen LogP) is 2.61. The van der Waals surface area contributed by atoms with Gasteiger partial charge in [0.25, 0.3) is 0 Å². The van der Waals surface area contributed by atoms with Crippen molar-refractivity contribution < 1.29 is 15.0 Å². The summed E-state index contributed by atoms with van der Waals surface area (Å²) < 4.78 is 0. The molecule has 3 heteroatoms. The summed E-state index contributed by atoms with van der Waals surface area (Å²) in [5.74, 6) is 3.85. The van der Waals surface area contributed by atoms with Gasteiger partial charge in [0.1, 0.15) is 5.60 Å². The van der Waals surface area contributed by atoms with Gasteiger partial charge < -0.3 is 10.2 Å². The van der Waals surface area contributed by atoms with Crippen LogP contribution < -0.4 is 0 Å². The second-order valence-electron chi connectivity index (χ2n) is 8.48. The minimum Gasteiger partial charge on any atom is -0.385 e. The zero-order valence-corrected chi connectivity index (χ0v) is 13.8. The number of aliphatic hydroxyl groups is 2. The van der Waals surface area contributed by atoms with Gasteiger partial charge >= 0.3 is 0 Å². The van der Waals surface area contributed by atoms with Crippen LogP contribution in [0.25, 0.3) is 0 Å². The monoisotopic (exact) mass is 314 g/mol. The lowest BCUT2D eigenvalue weighted by Crippen LogP contribution is -2.57. The molecule has 0 aromatic rings. The summed E-state index contributed by atoms with van der Waals surface area (Å²) in [5, 5.41) is 22.3. The Morgan fingerprint density at radius 3 is 2.61 bits per heavy atom. The number of carbonyl (C=O) groups is 1. The smallest absolute Gasteiger partial charge is 0.155 e. The molecule has 3 saturated carbocycles. The molecule has 0 radical (unpaired) electrons. The topological polar surface area (TPSA) is 57.5 Å². The zero-order chi connectivity index (χ0) is 16.5. The van der Waals surface area contributed by atoms with Gasteiger partial charge in [0.15, 0.2) is 5.78 Å². The molecular weight excluding hydrogens is 288 g/mol. The maximum Gasteiger partial charge on any atom is 0.155 e. The van der Waals surface area contributed by atoms with Crippen LogP contribution in [0.5, 0.6) is 0 Å². The lowest BCUT2D eigenvalue weighted by atomic mass is 9.49. The summed E-state index contributed by atoms with van der Waals surface area (Å²) in [4.78, 5) is 11.7. The Balaban J connectivity index is 1.70. The Kier molecular flexibility index (Phi) is 3.16. The number of hydrogen-bond donors (Lipinski definition) is 2. The number of carbonyl (C=O) groups excluding carboxylic acids is 1. The van der Waals surface area contributed by atoms with Crippen molar-refractivity contribution >= 4 is 5.78 Å². The first-order valence-electron chi connectivity index (χ1n) is 9.00. The van der Waals surface area contributed by atoms with Crippen LogP contribution in [-0.4, -0.2) is 27.2 Å². The first kappa shape index (κ1) is 15.4. The molecule has 4 aliphatic rings. The van der Waals surface area contributed by atoms with E-state index in [2.05, 4.69) is 12.8 Å². The van der Waals surface area contributed by atoms with Gasteiger partial charge in [-0.25, -0.2) is 0 Å². The summed E-state index contributed by atoms with van der Waals surface area (Å²) >= 11 is 0. The molecule has 0 aliphatic heterocycles. The van der Waals surface area contributed by atoms with Crippen molar-refractivity contribution in [1.29, 1.82) is 0 Å². The molecule has 3 fully saturated rings. The van der Waals surface area contributed by atoms with E-state index in [9.17, 15) is 15.0 Å². The Bertz CT molecular complexity index is 629. The summed E-state index contributed by atoms with van der Waals surface area (Å²) in [6, 6.07) is 0. The third-order valence-corrected chi connectivity index (χ3v) is 7.83. The average molecular weight is 314 g/mol. The molecule has 0 aromatic carbocycles. The van der Waals surface area contributed by atoms with Gasteiger partial charge in [0.05, 0.1) is 5.60 Å². The highest BCUT2D eigenvalue weighted by Gasteiger charge is 2.64. The van der Waals surface area contributed by atoms with Crippen molar-refractivity contribution in [3.05, 3.63) is 11.6 Å². The zero-order valence-electron chi connectivity index (χ0n) is 13.8. The Morgan fingerprint density at radius 1 is 1.13 bits per heavy atom. The third kappa shape index (κ3) is 1.83. The van der Waals surface area contributed by atoms with Gasteiger partial charge in [-0.1, -0.05) is 12.8 Å². The summed E-state index contributed by atoms with van der Waals surface area (Å²) in [6.45, 7) is 2.15. The molecule has 0 amide bonds. The van der Waals surface area contributed by atoms with E-state index in [1.807, 2.05) is 0 Å². The van der Waals surface area contributed by atoms with Gasteiger partial charge in [-0.2, -0.15) is 0 Å². The number of hydrogen-bond acceptors (Lipinski definition) is 3. The van der Waals surface area contributed by atoms with Gasteiger partial charge in [0, 0.05) is 11.8 Å². The number of rotatable bonds is 0. The van der Waals surface area contributed by atoms with Crippen LogP contribution in [0.4, 0.5) is 0 Å². The van der Waals surface area contributed by atoms with Crippen LogP contribution in [0.1, 0.15) is 58.3 Å². The first-order valence-corrected chi connectivity index (χ1v) is 9.00. The molecule has 0 bridgehead atoms. The molecule has 124 valence electrons. The summed E-state index contributed by atoms with van der Waals surface area (Å²) in [5.41, 5.74) is -1.06. The molecule has 4 aliphatic carbocycles. The number of terminal acetylenes is 1. The van der Waals surface area contributed by atoms with Crippen LogP contribution >= 0.6 is 0 Å². The SMILES string of the molecule is C#CC1(O)CCC2C3CCC4=CC(=O)CCC4(O)C3CCC21C. The minimum absolute atomic E-state index is 0.159. The van der Waals surface area contributed by atoms with Crippen LogP contribution in [0.2, 0.25) is 0 Å². The molecule has 0 aromatic heterocycles. The molecule has 6 atom stereocenters. The molecule has 6 unspecified atom stereocenters. The number of ketones is 1. The highest BCUT2D eigenvalue weighted by Crippen LogP contribution is 2.65. The van der Waals surface area contributed by atoms with Crippen molar-refractivity contribution in [1.82, 2.24) is 0 Å². The molecular formula is C20H26O3. The van der Waals surface area contributed by atoms with E-state index in [1.165, 1.54) is 0 Å². The van der Waals surface area contributed by atoms with Crippen LogP contribution in [0, 0.1) is 35.5 Å². The molecule has 23 heavy (non-hydrogen) atoms. The minimum atomic E-state index is -0.996. The third-order valence-electron chi connectivity index (χ3n) is 7.83. The van der Waals surface area contributed by atoms with E-state index >= 15 is 0 Å². The predicted molar refractivity (Wildman–Crippen MR) is 87.3 cm³/mol. The van der Waals surface area contributed by atoms with E-state index < -0.39 is 11.2 Å². The Hall–Kier alpha value is -1.11. The summed E-state index contributed by atoms with van der Waals surface area (Å²) in [6.07, 6.45) is 13.6.